The van der Waals surface area contributed by atoms with Gasteiger partial charge >= 0.3 is 11.9 Å². The lowest BCUT2D eigenvalue weighted by Crippen LogP contribution is -2.32. The number of methoxy groups -OCH3 is 1. The van der Waals surface area contributed by atoms with E-state index in [1.54, 1.807) is 0 Å². The van der Waals surface area contributed by atoms with Crippen LogP contribution in [-0.2, 0) is 27.4 Å². The average Bonchev–Trinajstić information content (AvgIpc) is 3.24. The maximum Gasteiger partial charge on any atom is 0.341 e. The molecule has 192 valence electrons. The number of carbonyl (C=O) groups excluding carboxylic acids is 2. The van der Waals surface area contributed by atoms with Gasteiger partial charge in [-0.3, -0.25) is 9.59 Å². The molecule has 3 rings (SSSR count). The van der Waals surface area contributed by atoms with Crippen LogP contribution in [0.4, 0.5) is 10.1 Å². The van der Waals surface area contributed by atoms with Crippen molar-refractivity contribution in [1.29, 1.82) is 0 Å². The summed E-state index contributed by atoms with van der Waals surface area (Å²) in [5.41, 5.74) is 3.14. The number of fused-ring (bicyclic) bond motifs is 1. The fourth-order valence-corrected chi connectivity index (χ4v) is 4.95. The third-order valence-electron chi connectivity index (χ3n) is 6.88. The Labute approximate surface area is 205 Å². The van der Waals surface area contributed by atoms with E-state index in [1.165, 1.54) is 13.5 Å². The van der Waals surface area contributed by atoms with Gasteiger partial charge in [0.05, 0.1) is 24.3 Å². The summed E-state index contributed by atoms with van der Waals surface area (Å²) in [6, 6.07) is 0. The molecule has 0 saturated carbocycles. The average molecular weight is 491 g/mol. The first kappa shape index (κ1) is 26.7. The summed E-state index contributed by atoms with van der Waals surface area (Å²) in [7, 11) is 1.49. The quantitative estimate of drug-likeness (QED) is 0.356. The Balaban J connectivity index is 1.83. The second-order valence-electron chi connectivity index (χ2n) is 9.31. The van der Waals surface area contributed by atoms with Crippen LogP contribution in [0.5, 0.6) is 5.75 Å². The van der Waals surface area contributed by atoms with Crippen LogP contribution in [0.1, 0.15) is 66.1 Å². The highest BCUT2D eigenvalue weighted by Crippen LogP contribution is 2.41. The first-order chi connectivity index (χ1) is 16.8. The molecule has 1 amide bonds. The highest BCUT2D eigenvalue weighted by Gasteiger charge is 2.32. The summed E-state index contributed by atoms with van der Waals surface area (Å²) in [6.07, 6.45) is 6.68. The van der Waals surface area contributed by atoms with Crippen molar-refractivity contribution >= 4 is 23.5 Å². The summed E-state index contributed by atoms with van der Waals surface area (Å²) < 4.78 is 23.8. The maximum atomic E-state index is 13.0. The molecule has 2 heterocycles. The van der Waals surface area contributed by atoms with Crippen molar-refractivity contribution in [2.75, 3.05) is 38.7 Å². The summed E-state index contributed by atoms with van der Waals surface area (Å²) in [6.45, 7) is 5.32. The molecule has 1 aromatic rings. The van der Waals surface area contributed by atoms with Crippen molar-refractivity contribution in [2.24, 2.45) is 5.92 Å². The second kappa shape index (κ2) is 12.2. The van der Waals surface area contributed by atoms with Crippen molar-refractivity contribution in [3.05, 3.63) is 33.9 Å². The van der Waals surface area contributed by atoms with Crippen molar-refractivity contribution in [1.82, 2.24) is 4.90 Å². The standard InChI is InChI=1S/C26H35FN2O6/c1-16(13-18(25(31)32)9-12-29-10-5-4-6-11-29)7-8-19-23(28-21(30)14-27)22-20(15-35-26(22)33)17(2)24(19)34-3/h7,18H,4-6,8-15H2,1-3H3,(H,28,30)(H,31,32)/b16-7+. The number of hydrogen-bond acceptors (Lipinski definition) is 6. The molecule has 2 aliphatic heterocycles. The van der Waals surface area contributed by atoms with E-state index < -0.39 is 30.4 Å². The Morgan fingerprint density at radius 3 is 2.63 bits per heavy atom. The number of likely N-dealkylation sites (tertiary alicyclic amines) is 1. The Hall–Kier alpha value is -2.94. The molecule has 35 heavy (non-hydrogen) atoms. The lowest BCUT2D eigenvalue weighted by atomic mass is 9.92. The molecule has 2 aliphatic rings. The topological polar surface area (TPSA) is 105 Å². The first-order valence-electron chi connectivity index (χ1n) is 12.1. The van der Waals surface area contributed by atoms with Crippen LogP contribution in [0.15, 0.2) is 11.6 Å². The predicted octanol–water partition coefficient (Wildman–Crippen LogP) is 4.04. The number of rotatable bonds is 11. The minimum atomic E-state index is -1.23. The first-order valence-corrected chi connectivity index (χ1v) is 12.1. The molecule has 1 unspecified atom stereocenters. The van der Waals surface area contributed by atoms with Gasteiger partial charge in [-0.1, -0.05) is 18.1 Å². The van der Waals surface area contributed by atoms with Gasteiger partial charge in [0.15, 0.2) is 6.67 Å². The third kappa shape index (κ3) is 6.39. The molecule has 1 saturated heterocycles. The van der Waals surface area contributed by atoms with Crippen LogP contribution < -0.4 is 10.1 Å². The number of hydrogen-bond donors (Lipinski definition) is 2. The van der Waals surface area contributed by atoms with Crippen LogP contribution >= 0.6 is 0 Å². The third-order valence-corrected chi connectivity index (χ3v) is 6.88. The molecule has 0 aliphatic carbocycles. The minimum absolute atomic E-state index is 0.0569. The Bertz CT molecular complexity index is 1000. The summed E-state index contributed by atoms with van der Waals surface area (Å²) >= 11 is 0. The van der Waals surface area contributed by atoms with Gasteiger partial charge in [-0.2, -0.15) is 0 Å². The number of carbonyl (C=O) groups is 3. The smallest absolute Gasteiger partial charge is 0.341 e. The molecule has 9 heteroatoms. The fraction of sp³-hybridized carbons (Fsp3) is 0.577. The van der Waals surface area contributed by atoms with E-state index in [4.69, 9.17) is 9.47 Å². The Kier molecular flexibility index (Phi) is 9.26. The number of piperidine rings is 1. The molecule has 0 aromatic heterocycles. The number of nitrogens with zero attached hydrogens (tertiary/aromatic N) is 1. The fourth-order valence-electron chi connectivity index (χ4n) is 4.95. The van der Waals surface area contributed by atoms with E-state index in [9.17, 15) is 23.9 Å². The second-order valence-corrected chi connectivity index (χ2v) is 9.31. The number of nitrogens with one attached hydrogen (secondary N) is 1. The van der Waals surface area contributed by atoms with E-state index in [1.807, 2.05) is 19.9 Å². The molecule has 0 spiro atoms. The normalized spacial score (nSPS) is 17.0. The van der Waals surface area contributed by atoms with Crippen LogP contribution in [0, 0.1) is 12.8 Å². The number of ether oxygens (including phenoxy) is 2. The van der Waals surface area contributed by atoms with Gasteiger partial charge in [-0.05, 0) is 71.1 Å². The zero-order valence-corrected chi connectivity index (χ0v) is 20.7. The molecule has 1 aromatic carbocycles. The van der Waals surface area contributed by atoms with Gasteiger partial charge in [0.2, 0.25) is 0 Å². The van der Waals surface area contributed by atoms with Crippen molar-refractivity contribution < 1.29 is 33.4 Å². The largest absolute Gasteiger partial charge is 0.496 e. The number of esters is 1. The van der Waals surface area contributed by atoms with Gasteiger partial charge in [0.25, 0.3) is 5.91 Å². The lowest BCUT2D eigenvalue weighted by Gasteiger charge is -2.27. The molecule has 1 atom stereocenters. The minimum Gasteiger partial charge on any atom is -0.496 e. The van der Waals surface area contributed by atoms with E-state index in [0.29, 0.717) is 29.7 Å². The summed E-state index contributed by atoms with van der Waals surface area (Å²) in [4.78, 5) is 38.6. The number of benzene rings is 1. The Morgan fingerprint density at radius 2 is 2.00 bits per heavy atom. The number of allylic oxidation sites excluding steroid dienone is 2. The highest BCUT2D eigenvalue weighted by atomic mass is 19.1. The van der Waals surface area contributed by atoms with Gasteiger partial charge in [0.1, 0.15) is 12.4 Å². The van der Waals surface area contributed by atoms with Crippen LogP contribution in [-0.4, -0.2) is 61.3 Å². The van der Waals surface area contributed by atoms with Gasteiger partial charge in [-0.25, -0.2) is 9.18 Å². The zero-order chi connectivity index (χ0) is 25.5. The SMILES string of the molecule is COc1c(C)c2c(c(NC(=O)CF)c1C/C=C(\C)CC(CCN1CCCCC1)C(=O)O)C(=O)OC2. The van der Waals surface area contributed by atoms with Crippen LogP contribution in [0.2, 0.25) is 0 Å². The summed E-state index contributed by atoms with van der Waals surface area (Å²) in [5.74, 6) is -2.29. The monoisotopic (exact) mass is 490 g/mol. The Morgan fingerprint density at radius 1 is 1.29 bits per heavy atom. The number of carboxylic acids is 1. The van der Waals surface area contributed by atoms with Crippen molar-refractivity contribution in [3.8, 4) is 5.75 Å². The number of alkyl halides is 1. The number of cyclic esters (lactones) is 1. The number of carboxylic acid groups (broad SMARTS) is 1. The lowest BCUT2D eigenvalue weighted by molar-refractivity contribution is -0.142. The van der Waals surface area contributed by atoms with Crippen LogP contribution in [0.3, 0.4) is 0 Å². The molecule has 0 radical (unpaired) electrons. The van der Waals surface area contributed by atoms with Gasteiger partial charge < -0.3 is 24.8 Å². The molecule has 2 N–H and O–H groups in total. The molecule has 8 nitrogen and oxygen atoms in total. The maximum absolute atomic E-state index is 13.0. The zero-order valence-electron chi connectivity index (χ0n) is 20.7. The predicted molar refractivity (Wildman–Crippen MR) is 130 cm³/mol. The van der Waals surface area contributed by atoms with Crippen LogP contribution in [0.25, 0.3) is 0 Å². The number of halogens is 1. The van der Waals surface area contributed by atoms with E-state index in [0.717, 1.165) is 43.6 Å². The molecular weight excluding hydrogens is 455 g/mol. The number of amides is 1. The van der Waals surface area contributed by atoms with E-state index >= 15 is 0 Å². The molecule has 0 bridgehead atoms. The molecule has 1 fully saturated rings. The van der Waals surface area contributed by atoms with Gasteiger partial charge in [-0.15, -0.1) is 0 Å². The van der Waals surface area contributed by atoms with Crippen molar-refractivity contribution in [2.45, 2.75) is 59.0 Å². The number of aliphatic carboxylic acids is 1. The molecular formula is C26H35FN2O6. The van der Waals surface area contributed by atoms with Gasteiger partial charge in [0, 0.05) is 11.1 Å². The van der Waals surface area contributed by atoms with E-state index in [2.05, 4.69) is 10.2 Å². The summed E-state index contributed by atoms with van der Waals surface area (Å²) in [5, 5.41) is 12.3. The van der Waals surface area contributed by atoms with E-state index in [-0.39, 0.29) is 24.3 Å². The van der Waals surface area contributed by atoms with Crippen molar-refractivity contribution in [3.63, 3.8) is 0 Å². The number of anilines is 1. The highest BCUT2D eigenvalue weighted by molar-refractivity contribution is 6.06.